The maximum Gasteiger partial charge on any atom is 0.0640 e. The van der Waals surface area contributed by atoms with E-state index in [1.165, 1.54) is 36.8 Å². The molecule has 0 atom stereocenters. The van der Waals surface area contributed by atoms with E-state index >= 15 is 0 Å². The van der Waals surface area contributed by atoms with E-state index in [1.807, 2.05) is 6.07 Å². The number of aryl methyl sites for hydroxylation is 1. The van der Waals surface area contributed by atoms with Crippen LogP contribution in [0.5, 0.6) is 0 Å². The molecule has 1 N–H and O–H groups in total. The van der Waals surface area contributed by atoms with Gasteiger partial charge in [0.15, 0.2) is 0 Å². The standard InChI is InChI=1S/C19H22ClN/c1-14-7-12-19(18(20)13-14)21-17-10-8-16(9-11-17)15-5-3-2-4-6-15/h2-7,12-13,16-17,21H,8-11H2,1H3. The first-order valence-corrected chi connectivity index (χ1v) is 8.18. The molecule has 3 rings (SSSR count). The largest absolute Gasteiger partial charge is 0.381 e. The molecule has 1 saturated carbocycles. The van der Waals surface area contributed by atoms with Crippen molar-refractivity contribution in [1.29, 1.82) is 0 Å². The van der Waals surface area contributed by atoms with Crippen molar-refractivity contribution >= 4 is 17.3 Å². The molecule has 0 heterocycles. The van der Waals surface area contributed by atoms with E-state index in [4.69, 9.17) is 11.6 Å². The van der Waals surface area contributed by atoms with E-state index in [1.54, 1.807) is 0 Å². The second-order valence-electron chi connectivity index (χ2n) is 6.09. The maximum absolute atomic E-state index is 6.31. The molecule has 110 valence electrons. The summed E-state index contributed by atoms with van der Waals surface area (Å²) in [4.78, 5) is 0. The zero-order valence-electron chi connectivity index (χ0n) is 12.5. The van der Waals surface area contributed by atoms with E-state index in [-0.39, 0.29) is 0 Å². The quantitative estimate of drug-likeness (QED) is 0.756. The Bertz CT molecular complexity index is 586. The van der Waals surface area contributed by atoms with Gasteiger partial charge in [-0.1, -0.05) is 48.0 Å². The number of halogens is 1. The molecule has 0 bridgehead atoms. The molecule has 0 amide bonds. The summed E-state index contributed by atoms with van der Waals surface area (Å²) in [6.45, 7) is 2.07. The summed E-state index contributed by atoms with van der Waals surface area (Å²) < 4.78 is 0. The Kier molecular flexibility index (Phi) is 4.50. The highest BCUT2D eigenvalue weighted by Gasteiger charge is 2.22. The summed E-state index contributed by atoms with van der Waals surface area (Å²) in [6, 6.07) is 17.7. The fourth-order valence-corrected chi connectivity index (χ4v) is 3.54. The van der Waals surface area contributed by atoms with Crippen LogP contribution in [-0.4, -0.2) is 6.04 Å². The Morgan fingerprint density at radius 2 is 1.67 bits per heavy atom. The number of rotatable bonds is 3. The van der Waals surface area contributed by atoms with Crippen LogP contribution in [-0.2, 0) is 0 Å². The summed E-state index contributed by atoms with van der Waals surface area (Å²) >= 11 is 6.31. The first kappa shape index (κ1) is 14.5. The van der Waals surface area contributed by atoms with Crippen molar-refractivity contribution in [3.05, 3.63) is 64.7 Å². The van der Waals surface area contributed by atoms with Crippen LogP contribution in [0.1, 0.15) is 42.7 Å². The minimum Gasteiger partial charge on any atom is -0.381 e. The molecule has 0 radical (unpaired) electrons. The number of anilines is 1. The minimum absolute atomic E-state index is 0.546. The lowest BCUT2D eigenvalue weighted by atomic mass is 9.82. The Morgan fingerprint density at radius 1 is 0.952 bits per heavy atom. The molecule has 2 aromatic rings. The van der Waals surface area contributed by atoms with E-state index in [2.05, 4.69) is 54.7 Å². The van der Waals surface area contributed by atoms with Crippen LogP contribution in [0.3, 0.4) is 0 Å². The van der Waals surface area contributed by atoms with E-state index < -0.39 is 0 Å². The predicted molar refractivity (Wildman–Crippen MR) is 91.3 cm³/mol. The highest BCUT2D eigenvalue weighted by Crippen LogP contribution is 2.34. The maximum atomic E-state index is 6.31. The van der Waals surface area contributed by atoms with Gasteiger partial charge in [-0.2, -0.15) is 0 Å². The van der Waals surface area contributed by atoms with Gasteiger partial charge in [0.25, 0.3) is 0 Å². The van der Waals surface area contributed by atoms with Crippen LogP contribution in [0.15, 0.2) is 48.5 Å². The Hall–Kier alpha value is -1.47. The monoisotopic (exact) mass is 299 g/mol. The van der Waals surface area contributed by atoms with Crippen molar-refractivity contribution in [2.75, 3.05) is 5.32 Å². The lowest BCUT2D eigenvalue weighted by Gasteiger charge is -2.30. The summed E-state index contributed by atoms with van der Waals surface area (Å²) in [7, 11) is 0. The molecule has 1 nitrogen and oxygen atoms in total. The molecule has 21 heavy (non-hydrogen) atoms. The van der Waals surface area contributed by atoms with E-state index in [0.29, 0.717) is 6.04 Å². The zero-order chi connectivity index (χ0) is 14.7. The van der Waals surface area contributed by atoms with Gasteiger partial charge in [0, 0.05) is 6.04 Å². The zero-order valence-corrected chi connectivity index (χ0v) is 13.2. The first-order chi connectivity index (χ1) is 10.2. The van der Waals surface area contributed by atoms with Crippen molar-refractivity contribution < 1.29 is 0 Å². The van der Waals surface area contributed by atoms with Gasteiger partial charge in [-0.15, -0.1) is 0 Å². The summed E-state index contributed by atoms with van der Waals surface area (Å²) in [5, 5.41) is 4.45. The predicted octanol–water partition coefficient (Wildman–Crippen LogP) is 5.79. The van der Waals surface area contributed by atoms with Gasteiger partial charge in [-0.25, -0.2) is 0 Å². The van der Waals surface area contributed by atoms with Gasteiger partial charge in [0.1, 0.15) is 0 Å². The fourth-order valence-electron chi connectivity index (χ4n) is 3.25. The van der Waals surface area contributed by atoms with Crippen molar-refractivity contribution in [2.45, 2.75) is 44.6 Å². The first-order valence-electron chi connectivity index (χ1n) is 7.80. The molecule has 0 aliphatic heterocycles. The van der Waals surface area contributed by atoms with Crippen LogP contribution in [0.2, 0.25) is 5.02 Å². The molecule has 0 saturated heterocycles. The number of benzene rings is 2. The second kappa shape index (κ2) is 6.53. The third-order valence-corrected chi connectivity index (χ3v) is 4.80. The molecule has 2 heteroatoms. The topological polar surface area (TPSA) is 12.0 Å². The Labute approximate surface area is 132 Å². The van der Waals surface area contributed by atoms with Gasteiger partial charge >= 0.3 is 0 Å². The third kappa shape index (κ3) is 3.59. The summed E-state index contributed by atoms with van der Waals surface area (Å²) in [5.41, 5.74) is 3.77. The number of hydrogen-bond acceptors (Lipinski definition) is 1. The molecule has 1 aliphatic carbocycles. The smallest absolute Gasteiger partial charge is 0.0640 e. The van der Waals surface area contributed by atoms with Crippen LogP contribution < -0.4 is 5.32 Å². The lowest BCUT2D eigenvalue weighted by molar-refractivity contribution is 0.412. The highest BCUT2D eigenvalue weighted by molar-refractivity contribution is 6.33. The number of nitrogens with one attached hydrogen (secondary N) is 1. The third-order valence-electron chi connectivity index (χ3n) is 4.48. The number of hydrogen-bond donors (Lipinski definition) is 1. The molecule has 0 aromatic heterocycles. The summed E-state index contributed by atoms with van der Waals surface area (Å²) in [5.74, 6) is 0.720. The average Bonchev–Trinajstić information content (AvgIpc) is 2.52. The van der Waals surface area contributed by atoms with Crippen LogP contribution >= 0.6 is 11.6 Å². The fraction of sp³-hybridized carbons (Fsp3) is 0.368. The van der Waals surface area contributed by atoms with E-state index in [0.717, 1.165) is 16.6 Å². The molecular weight excluding hydrogens is 278 g/mol. The Morgan fingerprint density at radius 3 is 2.33 bits per heavy atom. The van der Waals surface area contributed by atoms with Crippen LogP contribution in [0.4, 0.5) is 5.69 Å². The molecular formula is C19H22ClN. The molecule has 1 aliphatic rings. The normalized spacial score (nSPS) is 22.0. The minimum atomic E-state index is 0.546. The lowest BCUT2D eigenvalue weighted by Crippen LogP contribution is -2.25. The van der Waals surface area contributed by atoms with Gasteiger partial charge in [0.2, 0.25) is 0 Å². The SMILES string of the molecule is Cc1ccc(NC2CCC(c3ccccc3)CC2)c(Cl)c1. The van der Waals surface area contributed by atoms with Crippen LogP contribution in [0, 0.1) is 6.92 Å². The molecule has 0 spiro atoms. The van der Waals surface area contributed by atoms with Crippen molar-refractivity contribution in [3.63, 3.8) is 0 Å². The summed E-state index contributed by atoms with van der Waals surface area (Å²) in [6.07, 6.45) is 4.93. The van der Waals surface area contributed by atoms with Crippen molar-refractivity contribution in [1.82, 2.24) is 0 Å². The molecule has 2 aromatic carbocycles. The Balaban J connectivity index is 1.59. The van der Waals surface area contributed by atoms with Crippen molar-refractivity contribution in [3.8, 4) is 0 Å². The van der Waals surface area contributed by atoms with Gasteiger partial charge in [-0.05, 0) is 61.8 Å². The van der Waals surface area contributed by atoms with Gasteiger partial charge < -0.3 is 5.32 Å². The second-order valence-corrected chi connectivity index (χ2v) is 6.49. The molecule has 0 unspecified atom stereocenters. The van der Waals surface area contributed by atoms with Crippen molar-refractivity contribution in [2.24, 2.45) is 0 Å². The van der Waals surface area contributed by atoms with Gasteiger partial charge in [-0.3, -0.25) is 0 Å². The van der Waals surface area contributed by atoms with Gasteiger partial charge in [0.05, 0.1) is 10.7 Å². The molecule has 1 fully saturated rings. The van der Waals surface area contributed by atoms with E-state index in [9.17, 15) is 0 Å². The van der Waals surface area contributed by atoms with Crippen LogP contribution in [0.25, 0.3) is 0 Å². The average molecular weight is 300 g/mol. The highest BCUT2D eigenvalue weighted by atomic mass is 35.5.